The van der Waals surface area contributed by atoms with Gasteiger partial charge in [-0.3, -0.25) is 4.90 Å². The molecule has 0 unspecified atom stereocenters. The number of hydrogen-bond donors (Lipinski definition) is 1. The number of nitrogens with zero attached hydrogens (tertiary/aromatic N) is 3. The van der Waals surface area contributed by atoms with Gasteiger partial charge in [-0.05, 0) is 32.3 Å². The predicted octanol–water partition coefficient (Wildman–Crippen LogP) is 2.55. The van der Waals surface area contributed by atoms with Gasteiger partial charge in [-0.25, -0.2) is 9.97 Å². The van der Waals surface area contributed by atoms with Crippen molar-refractivity contribution >= 4 is 33.2 Å². The van der Waals surface area contributed by atoms with E-state index in [-0.39, 0.29) is 12.1 Å². The van der Waals surface area contributed by atoms with Crippen molar-refractivity contribution in [1.82, 2.24) is 14.9 Å². The van der Waals surface area contributed by atoms with Gasteiger partial charge in [0.15, 0.2) is 0 Å². The Morgan fingerprint density at radius 1 is 1.44 bits per heavy atom. The van der Waals surface area contributed by atoms with Crippen LogP contribution in [0, 0.1) is 0 Å². The van der Waals surface area contributed by atoms with E-state index in [1.165, 1.54) is 0 Å². The third kappa shape index (κ3) is 2.64. The van der Waals surface area contributed by atoms with Crippen LogP contribution < -0.4 is 0 Å². The lowest BCUT2D eigenvalue weighted by atomic mass is 10.1. The molecular weight excluding hydrogens is 270 g/mol. The van der Waals surface area contributed by atoms with Crippen LogP contribution in [0.3, 0.4) is 0 Å². The molecule has 0 aromatic carbocycles. The first-order valence-electron chi connectivity index (χ1n) is 5.66. The summed E-state index contributed by atoms with van der Waals surface area (Å²) in [5, 5.41) is 12.7. The molecule has 2 aromatic rings. The predicted molar refractivity (Wildman–Crippen MR) is 75.1 cm³/mol. The molecule has 1 N–H and O–H groups in total. The molecule has 18 heavy (non-hydrogen) atoms. The van der Waals surface area contributed by atoms with E-state index in [1.54, 1.807) is 11.3 Å². The van der Waals surface area contributed by atoms with E-state index in [4.69, 9.17) is 11.6 Å². The van der Waals surface area contributed by atoms with Crippen LogP contribution in [0.25, 0.3) is 10.2 Å². The lowest BCUT2D eigenvalue weighted by molar-refractivity contribution is 0.0715. The fourth-order valence-electron chi connectivity index (χ4n) is 1.48. The van der Waals surface area contributed by atoms with E-state index >= 15 is 0 Å². The van der Waals surface area contributed by atoms with E-state index in [0.29, 0.717) is 17.5 Å². The number of hydrogen-bond acceptors (Lipinski definition) is 5. The smallest absolute Gasteiger partial charge is 0.145 e. The zero-order valence-corrected chi connectivity index (χ0v) is 12.2. The number of fused-ring (bicyclic) bond motifs is 1. The van der Waals surface area contributed by atoms with Crippen molar-refractivity contribution in [3.8, 4) is 0 Å². The number of thiophene rings is 1. The van der Waals surface area contributed by atoms with Gasteiger partial charge in [-0.2, -0.15) is 0 Å². The maximum Gasteiger partial charge on any atom is 0.145 e. The fourth-order valence-corrected chi connectivity index (χ4v) is 2.57. The van der Waals surface area contributed by atoms with E-state index in [1.807, 2.05) is 37.2 Å². The fraction of sp³-hybridized carbons (Fsp3) is 0.500. The largest absolute Gasteiger partial charge is 0.394 e. The van der Waals surface area contributed by atoms with Gasteiger partial charge in [0.1, 0.15) is 15.8 Å². The second-order valence-corrected chi connectivity index (χ2v) is 6.15. The van der Waals surface area contributed by atoms with Crippen LogP contribution in [0.1, 0.15) is 19.7 Å². The Hall–Kier alpha value is -0.750. The molecule has 0 saturated carbocycles. The summed E-state index contributed by atoms with van der Waals surface area (Å²) in [6, 6.07) is 1.92. The maximum atomic E-state index is 9.33. The third-order valence-electron chi connectivity index (χ3n) is 3.12. The Balaban J connectivity index is 2.27. The lowest BCUT2D eigenvalue weighted by Gasteiger charge is -2.33. The van der Waals surface area contributed by atoms with Crippen molar-refractivity contribution in [3.05, 3.63) is 22.4 Å². The first-order chi connectivity index (χ1) is 8.44. The summed E-state index contributed by atoms with van der Waals surface area (Å²) in [6.45, 7) is 4.58. The number of halogens is 1. The molecule has 98 valence electrons. The summed E-state index contributed by atoms with van der Waals surface area (Å²) in [6.07, 6.45) is 0. The molecule has 0 aliphatic carbocycles. The van der Waals surface area contributed by atoms with Gasteiger partial charge in [0.2, 0.25) is 0 Å². The van der Waals surface area contributed by atoms with Gasteiger partial charge in [0.25, 0.3) is 0 Å². The number of aliphatic hydroxyl groups is 1. The number of likely N-dealkylation sites (N-methyl/N-ethyl adjacent to an activating group) is 1. The molecule has 0 saturated heterocycles. The van der Waals surface area contributed by atoms with Gasteiger partial charge in [-0.1, -0.05) is 11.6 Å². The summed E-state index contributed by atoms with van der Waals surface area (Å²) in [4.78, 5) is 11.7. The Bertz CT molecular complexity index is 555. The summed E-state index contributed by atoms with van der Waals surface area (Å²) in [5.74, 6) is 0.680. The van der Waals surface area contributed by atoms with Gasteiger partial charge in [0.05, 0.1) is 13.2 Å². The van der Waals surface area contributed by atoms with E-state index < -0.39 is 0 Å². The highest BCUT2D eigenvalue weighted by atomic mass is 35.5. The summed E-state index contributed by atoms with van der Waals surface area (Å²) < 4.78 is 0. The second-order valence-electron chi connectivity index (χ2n) is 4.90. The summed E-state index contributed by atoms with van der Waals surface area (Å²) in [7, 11) is 1.94. The standard InChI is InChI=1S/C12H16ClN3OS/c1-12(2,7-17)16(3)6-9-14-10(13)8-4-5-18-11(8)15-9/h4-5,17H,6-7H2,1-3H3. The van der Waals surface area contributed by atoms with Crippen molar-refractivity contribution < 1.29 is 5.11 Å². The third-order valence-corrected chi connectivity index (χ3v) is 4.22. The van der Waals surface area contributed by atoms with E-state index in [9.17, 15) is 5.11 Å². The van der Waals surface area contributed by atoms with E-state index in [0.717, 1.165) is 10.2 Å². The average molecular weight is 286 g/mol. The van der Waals surface area contributed by atoms with Crippen molar-refractivity contribution in [2.75, 3.05) is 13.7 Å². The molecule has 0 atom stereocenters. The zero-order chi connectivity index (χ0) is 13.3. The van der Waals surface area contributed by atoms with Crippen molar-refractivity contribution in [1.29, 1.82) is 0 Å². The number of rotatable bonds is 4. The molecule has 0 spiro atoms. The van der Waals surface area contributed by atoms with Gasteiger partial charge in [0, 0.05) is 10.9 Å². The van der Waals surface area contributed by atoms with Crippen molar-refractivity contribution in [2.45, 2.75) is 25.9 Å². The van der Waals surface area contributed by atoms with Crippen LogP contribution in [0.15, 0.2) is 11.4 Å². The van der Waals surface area contributed by atoms with Crippen LogP contribution in [-0.2, 0) is 6.54 Å². The minimum atomic E-state index is -0.305. The Morgan fingerprint density at radius 3 is 2.83 bits per heavy atom. The Labute approximate surface area is 115 Å². The maximum absolute atomic E-state index is 9.33. The molecule has 0 bridgehead atoms. The van der Waals surface area contributed by atoms with Gasteiger partial charge < -0.3 is 5.11 Å². The molecule has 2 heterocycles. The molecule has 4 nitrogen and oxygen atoms in total. The van der Waals surface area contributed by atoms with Crippen molar-refractivity contribution in [3.63, 3.8) is 0 Å². The van der Waals surface area contributed by atoms with Gasteiger partial charge >= 0.3 is 0 Å². The highest BCUT2D eigenvalue weighted by Gasteiger charge is 2.23. The highest BCUT2D eigenvalue weighted by Crippen LogP contribution is 2.25. The minimum Gasteiger partial charge on any atom is -0.394 e. The lowest BCUT2D eigenvalue weighted by Crippen LogP contribution is -2.43. The van der Waals surface area contributed by atoms with Crippen LogP contribution >= 0.6 is 22.9 Å². The molecule has 2 rings (SSSR count). The molecule has 6 heteroatoms. The van der Waals surface area contributed by atoms with Gasteiger partial charge in [-0.15, -0.1) is 11.3 Å². The monoisotopic (exact) mass is 285 g/mol. The topological polar surface area (TPSA) is 49.2 Å². The summed E-state index contributed by atoms with van der Waals surface area (Å²) >= 11 is 7.68. The normalized spacial score (nSPS) is 12.6. The molecule has 0 radical (unpaired) electrons. The Morgan fingerprint density at radius 2 is 2.17 bits per heavy atom. The SMILES string of the molecule is CN(Cc1nc(Cl)c2ccsc2n1)C(C)(C)CO. The number of aliphatic hydroxyl groups excluding tert-OH is 1. The quantitative estimate of drug-likeness (QED) is 0.877. The first-order valence-corrected chi connectivity index (χ1v) is 6.91. The first kappa shape index (κ1) is 13.7. The summed E-state index contributed by atoms with van der Waals surface area (Å²) in [5.41, 5.74) is -0.305. The molecular formula is C12H16ClN3OS. The zero-order valence-electron chi connectivity index (χ0n) is 10.6. The number of aromatic nitrogens is 2. The van der Waals surface area contributed by atoms with E-state index in [2.05, 4.69) is 9.97 Å². The second kappa shape index (κ2) is 5.09. The van der Waals surface area contributed by atoms with Crippen molar-refractivity contribution in [2.24, 2.45) is 0 Å². The average Bonchev–Trinajstić information content (AvgIpc) is 2.77. The van der Waals surface area contributed by atoms with Crippen LogP contribution in [0.2, 0.25) is 5.15 Å². The molecule has 0 amide bonds. The van der Waals surface area contributed by atoms with Crippen LogP contribution in [-0.4, -0.2) is 39.2 Å². The van der Waals surface area contributed by atoms with Crippen LogP contribution in [0.4, 0.5) is 0 Å². The minimum absolute atomic E-state index is 0.0818. The van der Waals surface area contributed by atoms with Crippen LogP contribution in [0.5, 0.6) is 0 Å². The molecule has 0 aliphatic heterocycles. The molecule has 0 aliphatic rings. The molecule has 2 aromatic heterocycles. The Kier molecular flexibility index (Phi) is 3.87. The highest BCUT2D eigenvalue weighted by molar-refractivity contribution is 7.16. The molecule has 0 fully saturated rings.